The van der Waals surface area contributed by atoms with E-state index in [1.807, 2.05) is 4.90 Å². The zero-order valence-corrected chi connectivity index (χ0v) is 15.2. The Bertz CT molecular complexity index is 738. The molecule has 0 unspecified atom stereocenters. The first-order chi connectivity index (χ1) is 12.8. The maximum Gasteiger partial charge on any atom is 0.317 e. The summed E-state index contributed by atoms with van der Waals surface area (Å²) in [7, 11) is 0. The molecule has 0 spiro atoms. The third-order valence-electron chi connectivity index (χ3n) is 5.58. The van der Waals surface area contributed by atoms with Crippen molar-refractivity contribution < 1.29 is 4.79 Å². The van der Waals surface area contributed by atoms with Crippen molar-refractivity contribution in [1.82, 2.24) is 15.1 Å². The van der Waals surface area contributed by atoms with Gasteiger partial charge in [0.25, 0.3) is 0 Å². The van der Waals surface area contributed by atoms with E-state index >= 15 is 0 Å². The first-order valence-electron chi connectivity index (χ1n) is 9.66. The highest BCUT2D eigenvalue weighted by atomic mass is 16.2. The summed E-state index contributed by atoms with van der Waals surface area (Å²) in [6.07, 6.45) is 3.02. The summed E-state index contributed by atoms with van der Waals surface area (Å²) >= 11 is 0. The second-order valence-corrected chi connectivity index (χ2v) is 7.43. The summed E-state index contributed by atoms with van der Waals surface area (Å²) in [6.45, 7) is 4.64. The fraction of sp³-hybridized carbons (Fsp3) is 0.409. The van der Waals surface area contributed by atoms with E-state index in [4.69, 9.17) is 0 Å². The molecule has 0 radical (unpaired) electrons. The molecule has 4 nitrogen and oxygen atoms in total. The van der Waals surface area contributed by atoms with E-state index in [1.54, 1.807) is 0 Å². The minimum atomic E-state index is 0.0982. The Hall–Kier alpha value is -2.33. The largest absolute Gasteiger partial charge is 0.335 e. The minimum absolute atomic E-state index is 0.0982. The molecule has 1 N–H and O–H groups in total. The second-order valence-electron chi connectivity index (χ2n) is 7.43. The third-order valence-corrected chi connectivity index (χ3v) is 5.58. The van der Waals surface area contributed by atoms with Crippen LogP contribution in [0.15, 0.2) is 54.6 Å². The third kappa shape index (κ3) is 4.07. The number of urea groups is 1. The van der Waals surface area contributed by atoms with Crippen molar-refractivity contribution in [3.63, 3.8) is 0 Å². The van der Waals surface area contributed by atoms with Crippen LogP contribution in [0.2, 0.25) is 0 Å². The number of rotatable bonds is 3. The van der Waals surface area contributed by atoms with Gasteiger partial charge in [-0.1, -0.05) is 54.6 Å². The van der Waals surface area contributed by atoms with Crippen molar-refractivity contribution in [1.29, 1.82) is 0 Å². The molecule has 1 fully saturated rings. The lowest BCUT2D eigenvalue weighted by molar-refractivity contribution is 0.165. The van der Waals surface area contributed by atoms with E-state index in [-0.39, 0.29) is 6.03 Å². The molecule has 2 heterocycles. The zero-order valence-electron chi connectivity index (χ0n) is 15.2. The molecule has 0 aromatic heterocycles. The average Bonchev–Trinajstić information content (AvgIpc) is 2.70. The number of hydrogen-bond acceptors (Lipinski definition) is 2. The Kier molecular flexibility index (Phi) is 5.21. The molecular weight excluding hydrogens is 322 g/mol. The van der Waals surface area contributed by atoms with Gasteiger partial charge in [0, 0.05) is 38.8 Å². The molecule has 2 amide bonds. The van der Waals surface area contributed by atoms with Crippen molar-refractivity contribution in [2.45, 2.75) is 38.4 Å². The van der Waals surface area contributed by atoms with E-state index < -0.39 is 0 Å². The van der Waals surface area contributed by atoms with E-state index in [1.165, 1.54) is 16.7 Å². The molecule has 136 valence electrons. The molecule has 2 aromatic carbocycles. The smallest absolute Gasteiger partial charge is 0.317 e. The zero-order chi connectivity index (χ0) is 17.8. The van der Waals surface area contributed by atoms with Crippen LogP contribution in [-0.4, -0.2) is 41.5 Å². The van der Waals surface area contributed by atoms with E-state index in [0.29, 0.717) is 6.04 Å². The second kappa shape index (κ2) is 7.92. The number of benzene rings is 2. The molecule has 0 bridgehead atoms. The van der Waals surface area contributed by atoms with E-state index in [9.17, 15) is 4.79 Å². The van der Waals surface area contributed by atoms with Gasteiger partial charge in [0.15, 0.2) is 0 Å². The molecule has 2 aromatic rings. The van der Waals surface area contributed by atoms with Crippen LogP contribution >= 0.6 is 0 Å². The Labute approximate surface area is 155 Å². The van der Waals surface area contributed by atoms with Gasteiger partial charge in [-0.3, -0.25) is 4.90 Å². The van der Waals surface area contributed by atoms with Crippen molar-refractivity contribution in [3.05, 3.63) is 71.3 Å². The molecule has 4 rings (SSSR count). The number of likely N-dealkylation sites (tertiary alicyclic amines) is 1. The van der Waals surface area contributed by atoms with Crippen molar-refractivity contribution >= 4 is 6.03 Å². The van der Waals surface area contributed by atoms with E-state index in [0.717, 1.165) is 52.0 Å². The van der Waals surface area contributed by atoms with Gasteiger partial charge < -0.3 is 10.2 Å². The molecule has 4 heteroatoms. The molecule has 2 aliphatic rings. The Morgan fingerprint density at radius 3 is 2.38 bits per heavy atom. The number of nitrogens with one attached hydrogen (secondary N) is 1. The lowest BCUT2D eigenvalue weighted by Crippen LogP contribution is -2.50. The van der Waals surface area contributed by atoms with Crippen LogP contribution in [-0.2, 0) is 19.5 Å². The minimum Gasteiger partial charge on any atom is -0.335 e. The van der Waals surface area contributed by atoms with Crippen LogP contribution in [0.3, 0.4) is 0 Å². The fourth-order valence-electron chi connectivity index (χ4n) is 4.01. The topological polar surface area (TPSA) is 35.6 Å². The van der Waals surface area contributed by atoms with Gasteiger partial charge in [0.1, 0.15) is 0 Å². The highest BCUT2D eigenvalue weighted by Crippen LogP contribution is 2.19. The first kappa shape index (κ1) is 17.1. The maximum absolute atomic E-state index is 12.6. The quantitative estimate of drug-likeness (QED) is 0.922. The number of carbonyl (C=O) groups is 1. The summed E-state index contributed by atoms with van der Waals surface area (Å²) in [5.41, 5.74) is 4.03. The Morgan fingerprint density at radius 2 is 1.62 bits per heavy atom. The summed E-state index contributed by atoms with van der Waals surface area (Å²) < 4.78 is 0. The monoisotopic (exact) mass is 349 g/mol. The van der Waals surface area contributed by atoms with Crippen LogP contribution in [0, 0.1) is 0 Å². The van der Waals surface area contributed by atoms with Crippen LogP contribution in [0.25, 0.3) is 0 Å². The standard InChI is InChI=1S/C22H27N3O/c26-22(25-15-10-19-8-4-5-9-20(19)17-25)23-21-11-13-24(14-12-21)16-18-6-2-1-3-7-18/h1-9,21H,10-17H2,(H,23,26). The van der Waals surface area contributed by atoms with Gasteiger partial charge in [-0.15, -0.1) is 0 Å². The summed E-state index contributed by atoms with van der Waals surface area (Å²) in [6, 6.07) is 19.5. The molecular formula is C22H27N3O. The Balaban J connectivity index is 1.25. The van der Waals surface area contributed by atoms with Crippen LogP contribution in [0.4, 0.5) is 4.79 Å². The summed E-state index contributed by atoms with van der Waals surface area (Å²) in [5, 5.41) is 3.26. The van der Waals surface area contributed by atoms with Gasteiger partial charge in [0.2, 0.25) is 0 Å². The van der Waals surface area contributed by atoms with Crippen molar-refractivity contribution in [3.8, 4) is 0 Å². The molecule has 0 saturated carbocycles. The van der Waals surface area contributed by atoms with Gasteiger partial charge in [0.05, 0.1) is 0 Å². The average molecular weight is 349 g/mol. The van der Waals surface area contributed by atoms with Gasteiger partial charge in [-0.25, -0.2) is 4.79 Å². The lowest BCUT2D eigenvalue weighted by Gasteiger charge is -2.35. The number of piperidine rings is 1. The number of carbonyl (C=O) groups excluding carboxylic acids is 1. The highest BCUT2D eigenvalue weighted by molar-refractivity contribution is 5.75. The molecule has 0 aliphatic carbocycles. The van der Waals surface area contributed by atoms with Gasteiger partial charge >= 0.3 is 6.03 Å². The highest BCUT2D eigenvalue weighted by Gasteiger charge is 2.25. The Morgan fingerprint density at radius 1 is 0.923 bits per heavy atom. The normalized spacial score (nSPS) is 18.4. The predicted octanol–water partition coefficient (Wildman–Crippen LogP) is 3.42. The van der Waals surface area contributed by atoms with Crippen molar-refractivity contribution in [2.75, 3.05) is 19.6 Å². The fourth-order valence-corrected chi connectivity index (χ4v) is 4.01. The number of amides is 2. The summed E-state index contributed by atoms with van der Waals surface area (Å²) in [4.78, 5) is 17.1. The predicted molar refractivity (Wildman–Crippen MR) is 104 cm³/mol. The van der Waals surface area contributed by atoms with Gasteiger partial charge in [-0.2, -0.15) is 0 Å². The molecule has 26 heavy (non-hydrogen) atoms. The molecule has 0 atom stereocenters. The maximum atomic E-state index is 12.6. The van der Waals surface area contributed by atoms with Crippen LogP contribution in [0.5, 0.6) is 0 Å². The summed E-state index contributed by atoms with van der Waals surface area (Å²) in [5.74, 6) is 0. The van der Waals surface area contributed by atoms with Gasteiger partial charge in [-0.05, 0) is 36.0 Å². The lowest BCUT2D eigenvalue weighted by atomic mass is 10.00. The van der Waals surface area contributed by atoms with Crippen molar-refractivity contribution in [2.24, 2.45) is 0 Å². The molecule has 2 aliphatic heterocycles. The van der Waals surface area contributed by atoms with Crippen LogP contribution < -0.4 is 5.32 Å². The first-order valence-corrected chi connectivity index (χ1v) is 9.66. The SMILES string of the molecule is O=C(NC1CCN(Cc2ccccc2)CC1)N1CCc2ccccc2C1. The number of fused-ring (bicyclic) bond motifs is 1. The van der Waals surface area contributed by atoms with E-state index in [2.05, 4.69) is 64.8 Å². The number of hydrogen-bond donors (Lipinski definition) is 1. The molecule has 1 saturated heterocycles. The van der Waals surface area contributed by atoms with Crippen LogP contribution in [0.1, 0.15) is 29.5 Å². The number of nitrogens with zero attached hydrogens (tertiary/aromatic N) is 2.